The van der Waals surface area contributed by atoms with Gasteiger partial charge in [0.05, 0.1) is 14.2 Å². The Morgan fingerprint density at radius 3 is 2.43 bits per heavy atom. The summed E-state index contributed by atoms with van der Waals surface area (Å²) in [6, 6.07) is 8.16. The van der Waals surface area contributed by atoms with E-state index in [0.717, 1.165) is 41.4 Å². The van der Waals surface area contributed by atoms with Gasteiger partial charge >= 0.3 is 0 Å². The zero-order chi connectivity index (χ0) is 15.2. The summed E-state index contributed by atoms with van der Waals surface area (Å²) in [5.41, 5.74) is 4.45. The van der Waals surface area contributed by atoms with Gasteiger partial charge in [0.2, 0.25) is 0 Å². The first kappa shape index (κ1) is 15.3. The van der Waals surface area contributed by atoms with Crippen molar-refractivity contribution >= 4 is 0 Å². The molecule has 1 heterocycles. The first-order chi connectivity index (χ1) is 10.2. The van der Waals surface area contributed by atoms with Crippen LogP contribution in [0.25, 0.3) is 11.1 Å². The SMILES string of the molecule is CCNCc1cc(OC)c(OC)cc1-c1ccnc(C)c1. The molecule has 0 aliphatic rings. The number of hydrogen-bond acceptors (Lipinski definition) is 4. The smallest absolute Gasteiger partial charge is 0.161 e. The molecule has 0 saturated carbocycles. The van der Waals surface area contributed by atoms with E-state index in [-0.39, 0.29) is 0 Å². The van der Waals surface area contributed by atoms with Crippen LogP contribution in [0.2, 0.25) is 0 Å². The van der Waals surface area contributed by atoms with Gasteiger partial charge in [-0.05, 0) is 54.4 Å². The van der Waals surface area contributed by atoms with Gasteiger partial charge in [0.1, 0.15) is 0 Å². The van der Waals surface area contributed by atoms with Crippen molar-refractivity contribution in [3.63, 3.8) is 0 Å². The Kier molecular flexibility index (Phi) is 5.17. The van der Waals surface area contributed by atoms with Crippen LogP contribution in [0, 0.1) is 6.92 Å². The van der Waals surface area contributed by atoms with E-state index < -0.39 is 0 Å². The van der Waals surface area contributed by atoms with Gasteiger partial charge in [-0.15, -0.1) is 0 Å². The second-order valence-electron chi connectivity index (χ2n) is 4.83. The molecule has 0 spiro atoms. The van der Waals surface area contributed by atoms with E-state index in [1.807, 2.05) is 31.3 Å². The zero-order valence-electron chi connectivity index (χ0n) is 13.1. The molecule has 0 atom stereocenters. The summed E-state index contributed by atoms with van der Waals surface area (Å²) in [7, 11) is 3.31. The van der Waals surface area contributed by atoms with Gasteiger partial charge in [-0.3, -0.25) is 4.98 Å². The summed E-state index contributed by atoms with van der Waals surface area (Å²) < 4.78 is 10.8. The first-order valence-electron chi connectivity index (χ1n) is 7.08. The third-order valence-electron chi connectivity index (χ3n) is 3.38. The molecule has 112 valence electrons. The lowest BCUT2D eigenvalue weighted by molar-refractivity contribution is 0.354. The number of nitrogens with zero attached hydrogens (tertiary/aromatic N) is 1. The maximum absolute atomic E-state index is 5.43. The van der Waals surface area contributed by atoms with Crippen LogP contribution in [0.5, 0.6) is 11.5 Å². The third-order valence-corrected chi connectivity index (χ3v) is 3.38. The van der Waals surface area contributed by atoms with E-state index >= 15 is 0 Å². The van der Waals surface area contributed by atoms with Crippen LogP contribution < -0.4 is 14.8 Å². The van der Waals surface area contributed by atoms with Gasteiger partial charge in [-0.25, -0.2) is 0 Å². The molecule has 0 bridgehead atoms. The van der Waals surface area contributed by atoms with Crippen molar-refractivity contribution in [2.75, 3.05) is 20.8 Å². The Hall–Kier alpha value is -2.07. The van der Waals surface area contributed by atoms with E-state index in [2.05, 4.69) is 23.3 Å². The summed E-state index contributed by atoms with van der Waals surface area (Å²) in [5, 5.41) is 3.37. The molecule has 4 heteroatoms. The molecule has 0 aliphatic heterocycles. The molecule has 0 unspecified atom stereocenters. The number of benzene rings is 1. The monoisotopic (exact) mass is 286 g/mol. The lowest BCUT2D eigenvalue weighted by Gasteiger charge is -2.15. The standard InChI is InChI=1S/C17H22N2O2/c1-5-18-11-14-9-16(20-3)17(21-4)10-15(14)13-6-7-19-12(2)8-13/h6-10,18H,5,11H2,1-4H3. The van der Waals surface area contributed by atoms with Crippen molar-refractivity contribution in [1.82, 2.24) is 10.3 Å². The highest BCUT2D eigenvalue weighted by atomic mass is 16.5. The van der Waals surface area contributed by atoms with Crippen molar-refractivity contribution < 1.29 is 9.47 Å². The summed E-state index contributed by atoms with van der Waals surface area (Å²) in [6.07, 6.45) is 1.83. The molecular formula is C17H22N2O2. The van der Waals surface area contributed by atoms with Crippen molar-refractivity contribution in [2.24, 2.45) is 0 Å². The maximum Gasteiger partial charge on any atom is 0.161 e. The number of hydrogen-bond donors (Lipinski definition) is 1. The van der Waals surface area contributed by atoms with E-state index in [1.54, 1.807) is 14.2 Å². The highest BCUT2D eigenvalue weighted by molar-refractivity contribution is 5.71. The molecule has 4 nitrogen and oxygen atoms in total. The Bertz CT molecular complexity index is 612. The quantitative estimate of drug-likeness (QED) is 0.885. The highest BCUT2D eigenvalue weighted by Crippen LogP contribution is 2.35. The molecule has 1 N–H and O–H groups in total. The molecule has 0 amide bonds. The van der Waals surface area contributed by atoms with Crippen LogP contribution in [0.1, 0.15) is 18.2 Å². The van der Waals surface area contributed by atoms with Gasteiger partial charge in [0, 0.05) is 18.4 Å². The van der Waals surface area contributed by atoms with Crippen LogP contribution in [-0.2, 0) is 6.54 Å². The predicted molar refractivity (Wildman–Crippen MR) is 84.9 cm³/mol. The lowest BCUT2D eigenvalue weighted by atomic mass is 9.99. The largest absolute Gasteiger partial charge is 0.493 e. The molecular weight excluding hydrogens is 264 g/mol. The van der Waals surface area contributed by atoms with Crippen molar-refractivity contribution in [3.8, 4) is 22.6 Å². The average Bonchev–Trinajstić information content (AvgIpc) is 2.52. The fraction of sp³-hybridized carbons (Fsp3) is 0.353. The predicted octanol–water partition coefficient (Wildman–Crippen LogP) is 3.18. The normalized spacial score (nSPS) is 10.5. The van der Waals surface area contributed by atoms with Crippen molar-refractivity contribution in [3.05, 3.63) is 41.7 Å². The van der Waals surface area contributed by atoms with Crippen LogP contribution in [0.3, 0.4) is 0 Å². The topological polar surface area (TPSA) is 43.4 Å². The van der Waals surface area contributed by atoms with Crippen LogP contribution in [-0.4, -0.2) is 25.7 Å². The van der Waals surface area contributed by atoms with E-state index in [1.165, 1.54) is 5.56 Å². The summed E-state index contributed by atoms with van der Waals surface area (Å²) >= 11 is 0. The Morgan fingerprint density at radius 1 is 1.10 bits per heavy atom. The fourth-order valence-electron chi connectivity index (χ4n) is 2.31. The molecule has 0 aliphatic carbocycles. The number of aryl methyl sites for hydroxylation is 1. The number of rotatable bonds is 6. The molecule has 0 radical (unpaired) electrons. The molecule has 0 fully saturated rings. The van der Waals surface area contributed by atoms with Gasteiger partial charge in [-0.2, -0.15) is 0 Å². The van der Waals surface area contributed by atoms with Crippen LogP contribution in [0.15, 0.2) is 30.5 Å². The van der Waals surface area contributed by atoms with Gasteiger partial charge in [-0.1, -0.05) is 6.92 Å². The highest BCUT2D eigenvalue weighted by Gasteiger charge is 2.12. The first-order valence-corrected chi connectivity index (χ1v) is 7.08. The third kappa shape index (κ3) is 3.52. The van der Waals surface area contributed by atoms with Crippen molar-refractivity contribution in [2.45, 2.75) is 20.4 Å². The minimum absolute atomic E-state index is 0.738. The summed E-state index contributed by atoms with van der Waals surface area (Å²) in [6.45, 7) is 5.79. The van der Waals surface area contributed by atoms with Crippen LogP contribution >= 0.6 is 0 Å². The summed E-state index contributed by atoms with van der Waals surface area (Å²) in [4.78, 5) is 4.26. The second kappa shape index (κ2) is 7.09. The average molecular weight is 286 g/mol. The van der Waals surface area contributed by atoms with Crippen molar-refractivity contribution in [1.29, 1.82) is 0 Å². The molecule has 2 aromatic rings. The molecule has 1 aromatic carbocycles. The minimum atomic E-state index is 0.738. The molecule has 0 saturated heterocycles. The number of pyridine rings is 1. The number of methoxy groups -OCH3 is 2. The number of aromatic nitrogens is 1. The van der Waals surface area contributed by atoms with E-state index in [4.69, 9.17) is 9.47 Å². The van der Waals surface area contributed by atoms with Gasteiger partial charge in [0.25, 0.3) is 0 Å². The van der Waals surface area contributed by atoms with E-state index in [0.29, 0.717) is 0 Å². The van der Waals surface area contributed by atoms with E-state index in [9.17, 15) is 0 Å². The lowest BCUT2D eigenvalue weighted by Crippen LogP contribution is -2.13. The zero-order valence-corrected chi connectivity index (χ0v) is 13.1. The Balaban J connectivity index is 2.55. The maximum atomic E-state index is 5.43. The van der Waals surface area contributed by atoms with Gasteiger partial charge < -0.3 is 14.8 Å². The summed E-state index contributed by atoms with van der Waals surface area (Å²) in [5.74, 6) is 1.49. The Labute approximate surface area is 126 Å². The van der Waals surface area contributed by atoms with Crippen LogP contribution in [0.4, 0.5) is 0 Å². The molecule has 1 aromatic heterocycles. The minimum Gasteiger partial charge on any atom is -0.493 e. The molecule has 2 rings (SSSR count). The number of nitrogens with one attached hydrogen (secondary N) is 1. The molecule has 21 heavy (non-hydrogen) atoms. The number of ether oxygens (including phenoxy) is 2. The fourth-order valence-corrected chi connectivity index (χ4v) is 2.31. The van der Waals surface area contributed by atoms with Gasteiger partial charge in [0.15, 0.2) is 11.5 Å². The second-order valence-corrected chi connectivity index (χ2v) is 4.83. The Morgan fingerprint density at radius 2 is 1.81 bits per heavy atom.